The molecule has 0 aliphatic heterocycles. The van der Waals surface area contributed by atoms with E-state index in [1.165, 1.54) is 11.1 Å². The lowest BCUT2D eigenvalue weighted by atomic mass is 10.0. The average molecular weight is 295 g/mol. The Balaban J connectivity index is 2.22. The Labute approximate surface area is 124 Å². The molecule has 0 radical (unpaired) electrons. The van der Waals surface area contributed by atoms with Crippen LogP contribution in [0.15, 0.2) is 42.5 Å². The smallest absolute Gasteiger partial charge is 0.125 e. The van der Waals surface area contributed by atoms with Crippen LogP contribution in [0.2, 0.25) is 5.02 Å². The SMILES string of the molecule is COc1cc(Cl)ccc1C(Cl)Cc1cccc(C)c1. The van der Waals surface area contributed by atoms with Gasteiger partial charge in [0.15, 0.2) is 0 Å². The molecule has 0 N–H and O–H groups in total. The van der Waals surface area contributed by atoms with E-state index in [-0.39, 0.29) is 5.38 Å². The van der Waals surface area contributed by atoms with Crippen molar-refractivity contribution in [1.29, 1.82) is 0 Å². The van der Waals surface area contributed by atoms with Gasteiger partial charge in [0.1, 0.15) is 5.75 Å². The monoisotopic (exact) mass is 294 g/mol. The third-order valence-corrected chi connectivity index (χ3v) is 3.65. The van der Waals surface area contributed by atoms with Crippen molar-refractivity contribution in [2.75, 3.05) is 7.11 Å². The van der Waals surface area contributed by atoms with Crippen LogP contribution in [0.3, 0.4) is 0 Å². The summed E-state index contributed by atoms with van der Waals surface area (Å²) in [6.45, 7) is 2.08. The van der Waals surface area contributed by atoms with E-state index in [2.05, 4.69) is 25.1 Å². The van der Waals surface area contributed by atoms with E-state index in [9.17, 15) is 0 Å². The molecule has 1 unspecified atom stereocenters. The van der Waals surface area contributed by atoms with Crippen LogP contribution < -0.4 is 4.74 Å². The molecule has 19 heavy (non-hydrogen) atoms. The molecule has 1 nitrogen and oxygen atoms in total. The quantitative estimate of drug-likeness (QED) is 0.706. The Bertz CT molecular complexity index is 566. The number of hydrogen-bond acceptors (Lipinski definition) is 1. The van der Waals surface area contributed by atoms with Gasteiger partial charge in [0, 0.05) is 10.6 Å². The molecule has 0 aliphatic rings. The third-order valence-electron chi connectivity index (χ3n) is 3.03. The van der Waals surface area contributed by atoms with Gasteiger partial charge >= 0.3 is 0 Å². The number of hydrogen-bond donors (Lipinski definition) is 0. The van der Waals surface area contributed by atoms with Gasteiger partial charge in [0.2, 0.25) is 0 Å². The molecule has 0 aliphatic carbocycles. The fourth-order valence-corrected chi connectivity index (χ4v) is 2.62. The lowest BCUT2D eigenvalue weighted by Gasteiger charge is -2.14. The highest BCUT2D eigenvalue weighted by Gasteiger charge is 2.14. The zero-order valence-corrected chi connectivity index (χ0v) is 12.5. The Morgan fingerprint density at radius 3 is 2.63 bits per heavy atom. The van der Waals surface area contributed by atoms with Crippen LogP contribution in [0, 0.1) is 6.92 Å². The standard InChI is InChI=1S/C16H16Cl2O/c1-11-4-3-5-12(8-11)9-15(18)14-7-6-13(17)10-16(14)19-2/h3-8,10,15H,9H2,1-2H3. The molecule has 2 aromatic carbocycles. The molecule has 0 heterocycles. The van der Waals surface area contributed by atoms with Gasteiger partial charge in [-0.2, -0.15) is 0 Å². The molecule has 0 bridgehead atoms. The van der Waals surface area contributed by atoms with Crippen LogP contribution in [-0.4, -0.2) is 7.11 Å². The largest absolute Gasteiger partial charge is 0.496 e. The van der Waals surface area contributed by atoms with Crippen LogP contribution in [0.1, 0.15) is 22.1 Å². The Morgan fingerprint density at radius 1 is 1.16 bits per heavy atom. The van der Waals surface area contributed by atoms with Gasteiger partial charge in [0.05, 0.1) is 12.5 Å². The van der Waals surface area contributed by atoms with Gasteiger partial charge < -0.3 is 4.74 Å². The summed E-state index contributed by atoms with van der Waals surface area (Å²) < 4.78 is 5.34. The fraction of sp³-hybridized carbons (Fsp3) is 0.250. The van der Waals surface area contributed by atoms with Crippen LogP contribution >= 0.6 is 23.2 Å². The first-order chi connectivity index (χ1) is 9.10. The molecule has 0 aromatic heterocycles. The molecule has 2 aromatic rings. The van der Waals surface area contributed by atoms with Crippen molar-refractivity contribution >= 4 is 23.2 Å². The fourth-order valence-electron chi connectivity index (χ4n) is 2.10. The van der Waals surface area contributed by atoms with Crippen LogP contribution in [0.4, 0.5) is 0 Å². The van der Waals surface area contributed by atoms with Gasteiger partial charge in [-0.15, -0.1) is 11.6 Å². The van der Waals surface area contributed by atoms with Crippen LogP contribution in [-0.2, 0) is 6.42 Å². The summed E-state index contributed by atoms with van der Waals surface area (Å²) in [4.78, 5) is 0. The molecule has 0 saturated carbocycles. The maximum Gasteiger partial charge on any atom is 0.125 e. The van der Waals surface area contributed by atoms with Gasteiger partial charge in [-0.25, -0.2) is 0 Å². The Kier molecular flexibility index (Phi) is 4.73. The van der Waals surface area contributed by atoms with Crippen molar-refractivity contribution in [2.24, 2.45) is 0 Å². The van der Waals surface area contributed by atoms with Gasteiger partial charge in [-0.3, -0.25) is 0 Å². The lowest BCUT2D eigenvalue weighted by molar-refractivity contribution is 0.409. The first-order valence-corrected chi connectivity index (χ1v) is 6.94. The van der Waals surface area contributed by atoms with Crippen molar-refractivity contribution in [2.45, 2.75) is 18.7 Å². The maximum atomic E-state index is 6.51. The van der Waals surface area contributed by atoms with Gasteiger partial charge in [-0.1, -0.05) is 47.5 Å². The Hall–Kier alpha value is -1.18. The predicted octanol–water partition coefficient (Wildman–Crippen LogP) is 5.18. The molecule has 100 valence electrons. The van der Waals surface area contributed by atoms with E-state index < -0.39 is 0 Å². The van der Waals surface area contributed by atoms with Crippen molar-refractivity contribution in [3.05, 3.63) is 64.2 Å². The highest BCUT2D eigenvalue weighted by atomic mass is 35.5. The summed E-state index contributed by atoms with van der Waals surface area (Å²) in [5.74, 6) is 0.736. The summed E-state index contributed by atoms with van der Waals surface area (Å²) in [6, 6.07) is 13.9. The van der Waals surface area contributed by atoms with Crippen LogP contribution in [0.5, 0.6) is 5.75 Å². The van der Waals surface area contributed by atoms with Crippen molar-refractivity contribution in [3.63, 3.8) is 0 Å². The van der Waals surface area contributed by atoms with E-state index in [4.69, 9.17) is 27.9 Å². The maximum absolute atomic E-state index is 6.51. The zero-order valence-electron chi connectivity index (χ0n) is 11.0. The van der Waals surface area contributed by atoms with E-state index in [0.717, 1.165) is 17.7 Å². The molecular formula is C16H16Cl2O. The first-order valence-electron chi connectivity index (χ1n) is 6.13. The van der Waals surface area contributed by atoms with E-state index >= 15 is 0 Å². The highest BCUT2D eigenvalue weighted by Crippen LogP contribution is 2.34. The van der Waals surface area contributed by atoms with E-state index in [1.807, 2.05) is 18.2 Å². The minimum atomic E-state index is -0.131. The van der Waals surface area contributed by atoms with Crippen molar-refractivity contribution in [1.82, 2.24) is 0 Å². The summed E-state index contributed by atoms with van der Waals surface area (Å²) in [5.41, 5.74) is 3.43. The molecule has 0 saturated heterocycles. The number of ether oxygens (including phenoxy) is 1. The zero-order chi connectivity index (χ0) is 13.8. The summed E-state index contributed by atoms with van der Waals surface area (Å²) in [5, 5.41) is 0.522. The van der Waals surface area contributed by atoms with Gasteiger partial charge in [-0.05, 0) is 31.0 Å². The number of halogens is 2. The Morgan fingerprint density at radius 2 is 1.95 bits per heavy atom. The third kappa shape index (κ3) is 3.65. The van der Waals surface area contributed by atoms with Crippen molar-refractivity contribution in [3.8, 4) is 5.75 Å². The van der Waals surface area contributed by atoms with Gasteiger partial charge in [0.25, 0.3) is 0 Å². The second kappa shape index (κ2) is 6.31. The molecule has 0 amide bonds. The molecule has 3 heteroatoms. The van der Waals surface area contributed by atoms with E-state index in [0.29, 0.717) is 5.02 Å². The van der Waals surface area contributed by atoms with Crippen molar-refractivity contribution < 1.29 is 4.74 Å². The topological polar surface area (TPSA) is 9.23 Å². The molecular weight excluding hydrogens is 279 g/mol. The molecule has 0 fully saturated rings. The lowest BCUT2D eigenvalue weighted by Crippen LogP contribution is -1.99. The van der Waals surface area contributed by atoms with Crippen LogP contribution in [0.25, 0.3) is 0 Å². The summed E-state index contributed by atoms with van der Waals surface area (Å²) >= 11 is 12.5. The number of methoxy groups -OCH3 is 1. The normalized spacial score (nSPS) is 12.2. The second-order valence-corrected chi connectivity index (χ2v) is 5.51. The molecule has 2 rings (SSSR count). The summed E-state index contributed by atoms with van der Waals surface area (Å²) in [6.07, 6.45) is 0.765. The predicted molar refractivity (Wildman–Crippen MR) is 81.5 cm³/mol. The average Bonchev–Trinajstić information content (AvgIpc) is 2.38. The molecule has 1 atom stereocenters. The first kappa shape index (κ1) is 14.2. The number of rotatable bonds is 4. The number of benzene rings is 2. The highest BCUT2D eigenvalue weighted by molar-refractivity contribution is 6.30. The molecule has 0 spiro atoms. The second-order valence-electron chi connectivity index (χ2n) is 4.55. The number of alkyl halides is 1. The minimum absolute atomic E-state index is 0.131. The summed E-state index contributed by atoms with van der Waals surface area (Å²) in [7, 11) is 1.63. The number of aryl methyl sites for hydroxylation is 1. The minimum Gasteiger partial charge on any atom is -0.496 e. The van der Waals surface area contributed by atoms with E-state index in [1.54, 1.807) is 13.2 Å².